The molecule has 172 valence electrons. The molecule has 0 radical (unpaired) electrons. The van der Waals surface area contributed by atoms with Crippen molar-refractivity contribution in [1.29, 1.82) is 0 Å². The van der Waals surface area contributed by atoms with Crippen molar-refractivity contribution in [2.45, 2.75) is 38.5 Å². The van der Waals surface area contributed by atoms with Gasteiger partial charge in [-0.1, -0.05) is 30.3 Å². The van der Waals surface area contributed by atoms with Crippen molar-refractivity contribution < 1.29 is 18.9 Å². The van der Waals surface area contributed by atoms with Gasteiger partial charge in [-0.2, -0.15) is 0 Å². The number of pyridine rings is 1. The maximum atomic E-state index is 6.23. The van der Waals surface area contributed by atoms with Crippen LogP contribution in [0.4, 0.5) is 0 Å². The molecule has 1 atom stereocenters. The highest BCUT2D eigenvalue weighted by atomic mass is 16.5. The van der Waals surface area contributed by atoms with Gasteiger partial charge in [0.25, 0.3) is 0 Å². The summed E-state index contributed by atoms with van der Waals surface area (Å²) in [4.78, 5) is 4.97. The first kappa shape index (κ1) is 21.6. The number of hydrogen-bond acceptors (Lipinski definition) is 5. The van der Waals surface area contributed by atoms with Crippen LogP contribution in [-0.4, -0.2) is 38.0 Å². The topological polar surface area (TPSA) is 54.2 Å². The van der Waals surface area contributed by atoms with Gasteiger partial charge in [0.2, 0.25) is 0 Å². The number of benzene rings is 2. The Kier molecular flexibility index (Phi) is 6.35. The summed E-state index contributed by atoms with van der Waals surface area (Å²) in [5.74, 6) is 2.28. The van der Waals surface area contributed by atoms with Crippen LogP contribution >= 0.6 is 0 Å². The number of aromatic nitrogens is 1. The van der Waals surface area contributed by atoms with Crippen LogP contribution in [0.2, 0.25) is 0 Å². The smallest absolute Gasteiger partial charge is 0.161 e. The fourth-order valence-electron chi connectivity index (χ4n) is 4.58. The number of rotatable bonds is 7. The third-order valence-corrected chi connectivity index (χ3v) is 6.34. The van der Waals surface area contributed by atoms with Gasteiger partial charge in [-0.15, -0.1) is 0 Å². The predicted molar refractivity (Wildman–Crippen MR) is 127 cm³/mol. The number of methoxy groups -OCH3 is 2. The molecule has 6 heteroatoms. The van der Waals surface area contributed by atoms with Gasteiger partial charge in [0.05, 0.1) is 32.6 Å². The highest BCUT2D eigenvalue weighted by Gasteiger charge is 2.21. The molecular weight excluding hydrogens is 416 g/mol. The normalized spacial score (nSPS) is 17.4. The van der Waals surface area contributed by atoms with Crippen LogP contribution in [0.25, 0.3) is 11.3 Å². The van der Waals surface area contributed by atoms with Gasteiger partial charge in [-0.3, -0.25) is 4.99 Å². The van der Waals surface area contributed by atoms with Gasteiger partial charge >= 0.3 is 0 Å². The van der Waals surface area contributed by atoms with E-state index in [1.54, 1.807) is 14.2 Å². The molecule has 0 spiro atoms. The van der Waals surface area contributed by atoms with E-state index in [0.29, 0.717) is 13.2 Å². The molecule has 33 heavy (non-hydrogen) atoms. The van der Waals surface area contributed by atoms with Gasteiger partial charge in [0.15, 0.2) is 11.5 Å². The highest BCUT2D eigenvalue weighted by Crippen LogP contribution is 2.38. The molecule has 0 saturated carbocycles. The first-order valence-corrected chi connectivity index (χ1v) is 11.5. The summed E-state index contributed by atoms with van der Waals surface area (Å²) in [5, 5.41) is 0. The summed E-state index contributed by atoms with van der Waals surface area (Å²) in [5.41, 5.74) is 5.49. The van der Waals surface area contributed by atoms with Gasteiger partial charge < -0.3 is 23.5 Å². The largest absolute Gasteiger partial charge is 0.493 e. The number of aryl methyl sites for hydroxylation is 1. The molecule has 0 N–H and O–H groups in total. The van der Waals surface area contributed by atoms with Crippen LogP contribution in [0.3, 0.4) is 0 Å². The molecule has 1 aromatic heterocycles. The van der Waals surface area contributed by atoms with Crippen LogP contribution in [-0.2, 0) is 24.3 Å². The second-order valence-electron chi connectivity index (χ2n) is 8.45. The second-order valence-corrected chi connectivity index (χ2v) is 8.45. The zero-order valence-corrected chi connectivity index (χ0v) is 19.3. The van der Waals surface area contributed by atoms with Crippen molar-refractivity contribution in [3.63, 3.8) is 0 Å². The van der Waals surface area contributed by atoms with Gasteiger partial charge in [0, 0.05) is 30.8 Å². The third-order valence-electron chi connectivity index (χ3n) is 6.34. The summed E-state index contributed by atoms with van der Waals surface area (Å²) >= 11 is 0. The molecule has 2 aliphatic heterocycles. The maximum absolute atomic E-state index is 6.23. The molecule has 6 nitrogen and oxygen atoms in total. The number of fused-ring (bicyclic) bond motifs is 3. The average molecular weight is 447 g/mol. The lowest BCUT2D eigenvalue weighted by molar-refractivity contribution is 0.117. The van der Waals surface area contributed by atoms with E-state index in [0.717, 1.165) is 72.0 Å². The van der Waals surface area contributed by atoms with Crippen LogP contribution < -0.4 is 19.7 Å². The molecule has 5 rings (SSSR count). The molecule has 1 saturated heterocycles. The zero-order valence-electron chi connectivity index (χ0n) is 19.3. The lowest BCUT2D eigenvalue weighted by Crippen LogP contribution is -2.28. The highest BCUT2D eigenvalue weighted by molar-refractivity contribution is 5.71. The Bertz CT molecular complexity index is 1180. The van der Waals surface area contributed by atoms with E-state index in [9.17, 15) is 0 Å². The van der Waals surface area contributed by atoms with E-state index in [1.165, 1.54) is 5.56 Å². The van der Waals surface area contributed by atoms with E-state index in [-0.39, 0.29) is 6.10 Å². The van der Waals surface area contributed by atoms with Crippen molar-refractivity contribution in [2.24, 2.45) is 4.99 Å². The molecule has 3 aromatic rings. The number of ether oxygens (including phenoxy) is 4. The average Bonchev–Trinajstić information content (AvgIpc) is 3.39. The van der Waals surface area contributed by atoms with E-state index in [4.69, 9.17) is 23.9 Å². The van der Waals surface area contributed by atoms with E-state index >= 15 is 0 Å². The fraction of sp³-hybridized carbons (Fsp3) is 0.370. The molecule has 3 heterocycles. The van der Waals surface area contributed by atoms with Gasteiger partial charge in [-0.05, 0) is 42.5 Å². The predicted octanol–water partition coefficient (Wildman–Crippen LogP) is 4.39. The minimum atomic E-state index is 0.204. The Hall–Kier alpha value is -3.25. The van der Waals surface area contributed by atoms with Crippen LogP contribution in [0.5, 0.6) is 17.2 Å². The van der Waals surface area contributed by atoms with Crippen molar-refractivity contribution in [3.8, 4) is 28.5 Å². The fourth-order valence-corrected chi connectivity index (χ4v) is 4.58. The Morgan fingerprint density at radius 1 is 1.03 bits per heavy atom. The van der Waals surface area contributed by atoms with Gasteiger partial charge in [-0.25, -0.2) is 0 Å². The quantitative estimate of drug-likeness (QED) is 0.540. The summed E-state index contributed by atoms with van der Waals surface area (Å²) in [6.07, 6.45) is 3.29. The molecular formula is C27H30N2O4. The Balaban J connectivity index is 1.56. The zero-order chi connectivity index (χ0) is 22.6. The van der Waals surface area contributed by atoms with Crippen molar-refractivity contribution in [1.82, 2.24) is 4.57 Å². The van der Waals surface area contributed by atoms with E-state index in [2.05, 4.69) is 34.9 Å². The lowest BCUT2D eigenvalue weighted by Gasteiger charge is -2.25. The monoisotopic (exact) mass is 446 g/mol. The molecule has 2 aromatic carbocycles. The van der Waals surface area contributed by atoms with Gasteiger partial charge in [0.1, 0.15) is 17.8 Å². The van der Waals surface area contributed by atoms with Crippen LogP contribution in [0.1, 0.15) is 24.0 Å². The van der Waals surface area contributed by atoms with E-state index < -0.39 is 0 Å². The first-order valence-electron chi connectivity index (χ1n) is 11.5. The maximum Gasteiger partial charge on any atom is 0.161 e. The molecule has 2 aliphatic rings. The molecule has 0 amide bonds. The first-order chi connectivity index (χ1) is 16.2. The van der Waals surface area contributed by atoms with Crippen LogP contribution in [0.15, 0.2) is 59.6 Å². The summed E-state index contributed by atoms with van der Waals surface area (Å²) in [7, 11) is 3.34. The minimum Gasteiger partial charge on any atom is -0.493 e. The van der Waals surface area contributed by atoms with Crippen molar-refractivity contribution in [3.05, 3.63) is 71.2 Å². The standard InChI is InChI=1S/C27H30N2O4/c1-30-25-13-20-10-11-29-24(23(20)16-26(25)31-2)14-22(33-18-19-7-4-3-5-8-19)15-27(29)28-17-21-9-6-12-32-21/h3-5,7-8,13-16,21H,6,9-12,17-18H2,1-2H3/b28-27+. The molecule has 1 unspecified atom stereocenters. The number of hydrogen-bond donors (Lipinski definition) is 0. The molecule has 1 fully saturated rings. The Labute approximate surface area is 194 Å². The minimum absolute atomic E-state index is 0.204. The number of nitrogens with zero attached hydrogens (tertiary/aromatic N) is 2. The van der Waals surface area contributed by atoms with E-state index in [1.807, 2.05) is 24.3 Å². The Morgan fingerprint density at radius 3 is 2.61 bits per heavy atom. The SMILES string of the molecule is COc1cc2c(cc1OC)-c1cc(OCc3ccccc3)c/c(=N\CC3CCCO3)n1CC2. The lowest BCUT2D eigenvalue weighted by atomic mass is 9.96. The van der Waals surface area contributed by atoms with Crippen molar-refractivity contribution >= 4 is 0 Å². The van der Waals surface area contributed by atoms with Crippen LogP contribution in [0, 0.1) is 0 Å². The summed E-state index contributed by atoms with van der Waals surface area (Å²) < 4.78 is 25.4. The van der Waals surface area contributed by atoms with Crippen molar-refractivity contribution in [2.75, 3.05) is 27.4 Å². The molecule has 0 bridgehead atoms. The second kappa shape index (κ2) is 9.71. The third kappa shape index (κ3) is 4.62. The Morgan fingerprint density at radius 2 is 1.85 bits per heavy atom. The summed E-state index contributed by atoms with van der Waals surface area (Å²) in [6, 6.07) is 18.5. The molecule has 0 aliphatic carbocycles. The summed E-state index contributed by atoms with van der Waals surface area (Å²) in [6.45, 7) is 2.86.